The zero-order valence-electron chi connectivity index (χ0n) is 17.1. The summed E-state index contributed by atoms with van der Waals surface area (Å²) in [5.74, 6) is -6.11. The second-order valence-electron chi connectivity index (χ2n) is 8.36. The predicted molar refractivity (Wildman–Crippen MR) is 114 cm³/mol. The third kappa shape index (κ3) is 2.40. The minimum absolute atomic E-state index is 0.152. The Morgan fingerprint density at radius 3 is 1.94 bits per heavy atom. The van der Waals surface area contributed by atoms with Gasteiger partial charge in [0.1, 0.15) is 5.82 Å². The van der Waals surface area contributed by atoms with E-state index in [1.807, 2.05) is 0 Å². The molecule has 3 unspecified atom stereocenters. The third-order valence-corrected chi connectivity index (χ3v) is 6.74. The number of carbonyl (C=O) groups is 4. The molecular formula is C26H16FNO5. The van der Waals surface area contributed by atoms with Crippen LogP contribution in [-0.2, 0) is 14.3 Å². The quantitative estimate of drug-likeness (QED) is 0.449. The van der Waals surface area contributed by atoms with Gasteiger partial charge in [-0.2, -0.15) is 0 Å². The van der Waals surface area contributed by atoms with E-state index in [2.05, 4.69) is 0 Å². The highest BCUT2D eigenvalue weighted by atomic mass is 19.1. The summed E-state index contributed by atoms with van der Waals surface area (Å²) in [5.41, 5.74) is -1.52. The third-order valence-electron chi connectivity index (χ3n) is 6.74. The Kier molecular flexibility index (Phi) is 4.04. The highest BCUT2D eigenvalue weighted by molar-refractivity contribution is 6.37. The molecule has 2 heterocycles. The number of nitrogens with zero attached hydrogens (tertiary/aromatic N) is 1. The van der Waals surface area contributed by atoms with E-state index in [9.17, 15) is 23.6 Å². The molecule has 6 nitrogen and oxygen atoms in total. The number of carbonyl (C=O) groups excluding carboxylic acids is 4. The van der Waals surface area contributed by atoms with E-state index in [0.29, 0.717) is 5.56 Å². The number of Topliss-reactive ketones (excluding diaryl/α,β-unsaturated/α-hetero) is 2. The number of imide groups is 1. The maximum Gasteiger partial charge on any atom is 0.241 e. The molecule has 3 atom stereocenters. The van der Waals surface area contributed by atoms with Gasteiger partial charge >= 0.3 is 0 Å². The summed E-state index contributed by atoms with van der Waals surface area (Å²) < 4.78 is 20.8. The molecule has 3 aromatic rings. The van der Waals surface area contributed by atoms with E-state index in [-0.39, 0.29) is 16.8 Å². The Morgan fingerprint density at radius 2 is 1.30 bits per heavy atom. The van der Waals surface area contributed by atoms with Gasteiger partial charge in [-0.3, -0.25) is 19.2 Å². The van der Waals surface area contributed by atoms with Crippen LogP contribution in [0.15, 0.2) is 78.9 Å². The monoisotopic (exact) mass is 441 g/mol. The Morgan fingerprint density at radius 1 is 0.727 bits per heavy atom. The summed E-state index contributed by atoms with van der Waals surface area (Å²) in [6.07, 6.45) is -1.02. The molecule has 1 aliphatic carbocycles. The van der Waals surface area contributed by atoms with Crippen LogP contribution in [0.2, 0.25) is 0 Å². The van der Waals surface area contributed by atoms with Crippen molar-refractivity contribution in [2.45, 2.75) is 11.7 Å². The van der Waals surface area contributed by atoms with Gasteiger partial charge in [0.05, 0.1) is 23.6 Å². The van der Waals surface area contributed by atoms with Crippen LogP contribution in [-0.4, -0.2) is 29.0 Å². The second kappa shape index (κ2) is 6.76. The molecule has 7 heteroatoms. The van der Waals surface area contributed by atoms with Gasteiger partial charge in [0.15, 0.2) is 0 Å². The lowest BCUT2D eigenvalue weighted by molar-refractivity contribution is -0.127. The van der Waals surface area contributed by atoms with Crippen LogP contribution in [0.4, 0.5) is 10.1 Å². The number of benzene rings is 3. The summed E-state index contributed by atoms with van der Waals surface area (Å²) in [6.45, 7) is 0. The number of ether oxygens (including phenoxy) is 1. The van der Waals surface area contributed by atoms with E-state index in [0.717, 1.165) is 11.0 Å². The van der Waals surface area contributed by atoms with Gasteiger partial charge in [0.25, 0.3) is 0 Å². The first-order valence-electron chi connectivity index (χ1n) is 10.5. The molecule has 3 aromatic carbocycles. The number of hydrogen-bond donors (Lipinski definition) is 0. The SMILES string of the molecule is O=C1C2C(c3ccccc3)OC3(C(=O)c4ccccc4C3=O)C2C(=O)N1c1ccccc1F. The first-order valence-corrected chi connectivity index (χ1v) is 10.5. The van der Waals surface area contributed by atoms with Crippen LogP contribution in [0.3, 0.4) is 0 Å². The summed E-state index contributed by atoms with van der Waals surface area (Å²) >= 11 is 0. The second-order valence-corrected chi connectivity index (χ2v) is 8.36. The lowest BCUT2D eigenvalue weighted by atomic mass is 9.77. The van der Waals surface area contributed by atoms with Crippen molar-refractivity contribution in [3.8, 4) is 0 Å². The molecule has 33 heavy (non-hydrogen) atoms. The number of fused-ring (bicyclic) bond motifs is 3. The fourth-order valence-corrected chi connectivity index (χ4v) is 5.33. The van der Waals surface area contributed by atoms with E-state index < -0.39 is 52.7 Å². The fraction of sp³-hybridized carbons (Fsp3) is 0.154. The number of rotatable bonds is 2. The average molecular weight is 441 g/mol. The molecule has 0 aromatic heterocycles. The minimum atomic E-state index is -2.17. The predicted octanol–water partition coefficient (Wildman–Crippen LogP) is 3.52. The van der Waals surface area contributed by atoms with Crippen molar-refractivity contribution in [3.63, 3.8) is 0 Å². The highest BCUT2D eigenvalue weighted by Crippen LogP contribution is 2.57. The summed E-state index contributed by atoms with van der Waals surface area (Å²) in [5, 5.41) is 0. The molecule has 1 spiro atoms. The maximum absolute atomic E-state index is 14.6. The molecule has 2 amide bonds. The lowest BCUT2D eigenvalue weighted by Gasteiger charge is -2.27. The van der Waals surface area contributed by atoms with E-state index in [4.69, 9.17) is 4.74 Å². The Hall–Kier alpha value is -3.97. The van der Waals surface area contributed by atoms with Crippen LogP contribution in [0.25, 0.3) is 0 Å². The van der Waals surface area contributed by atoms with Gasteiger partial charge in [-0.25, -0.2) is 9.29 Å². The highest BCUT2D eigenvalue weighted by Gasteiger charge is 2.74. The summed E-state index contributed by atoms with van der Waals surface area (Å²) in [7, 11) is 0. The van der Waals surface area contributed by atoms with Crippen LogP contribution in [0.5, 0.6) is 0 Å². The van der Waals surface area contributed by atoms with Crippen LogP contribution < -0.4 is 4.90 Å². The number of hydrogen-bond acceptors (Lipinski definition) is 5. The van der Waals surface area contributed by atoms with E-state index in [1.54, 1.807) is 42.5 Å². The van der Waals surface area contributed by atoms with Crippen molar-refractivity contribution >= 4 is 29.1 Å². The molecule has 162 valence electrons. The molecular weight excluding hydrogens is 425 g/mol. The first kappa shape index (κ1) is 19.7. The van der Waals surface area contributed by atoms with Crippen molar-refractivity contribution in [3.05, 3.63) is 101 Å². The van der Waals surface area contributed by atoms with Gasteiger partial charge in [0.2, 0.25) is 29.0 Å². The van der Waals surface area contributed by atoms with E-state index in [1.165, 1.54) is 30.3 Å². The molecule has 2 fully saturated rings. The molecule has 0 bridgehead atoms. The maximum atomic E-state index is 14.6. The Balaban J connectivity index is 1.57. The van der Waals surface area contributed by atoms with Crippen molar-refractivity contribution in [1.29, 1.82) is 0 Å². The molecule has 2 saturated heterocycles. The fourth-order valence-electron chi connectivity index (χ4n) is 5.33. The number of ketones is 2. The van der Waals surface area contributed by atoms with Crippen molar-refractivity contribution in [1.82, 2.24) is 0 Å². The smallest absolute Gasteiger partial charge is 0.241 e. The minimum Gasteiger partial charge on any atom is -0.349 e. The van der Waals surface area contributed by atoms with Gasteiger partial charge in [-0.1, -0.05) is 66.7 Å². The number of anilines is 1. The molecule has 6 rings (SSSR count). The summed E-state index contributed by atoms with van der Waals surface area (Å²) in [4.78, 5) is 55.3. The zero-order chi connectivity index (χ0) is 22.9. The van der Waals surface area contributed by atoms with Crippen molar-refractivity contribution in [2.75, 3.05) is 4.90 Å². The number of amides is 2. The van der Waals surface area contributed by atoms with Gasteiger partial charge in [-0.15, -0.1) is 0 Å². The van der Waals surface area contributed by atoms with Crippen molar-refractivity contribution < 1.29 is 28.3 Å². The topological polar surface area (TPSA) is 80.8 Å². The van der Waals surface area contributed by atoms with E-state index >= 15 is 0 Å². The average Bonchev–Trinajstić information content (AvgIpc) is 3.40. The van der Waals surface area contributed by atoms with Crippen LogP contribution in [0, 0.1) is 17.7 Å². The number of para-hydroxylation sites is 1. The molecule has 0 N–H and O–H groups in total. The molecule has 2 aliphatic heterocycles. The lowest BCUT2D eigenvalue weighted by Crippen LogP contribution is -2.51. The molecule has 0 radical (unpaired) electrons. The largest absolute Gasteiger partial charge is 0.349 e. The van der Waals surface area contributed by atoms with Gasteiger partial charge in [-0.05, 0) is 17.7 Å². The van der Waals surface area contributed by atoms with Crippen LogP contribution in [0.1, 0.15) is 32.4 Å². The van der Waals surface area contributed by atoms with Crippen LogP contribution >= 0.6 is 0 Å². The standard InChI is InChI=1S/C26H16FNO5/c27-17-12-6-7-13-18(17)28-24(31)19-20(25(28)32)26(33-21(19)14-8-2-1-3-9-14)22(29)15-10-4-5-11-16(15)23(26)30/h1-13,19-21H. The number of halogens is 1. The zero-order valence-corrected chi connectivity index (χ0v) is 17.1. The Labute approximate surface area is 187 Å². The Bertz CT molecular complexity index is 1330. The summed E-state index contributed by atoms with van der Waals surface area (Å²) in [6, 6.07) is 20.4. The normalized spacial score (nSPS) is 25.1. The first-order chi connectivity index (χ1) is 16.0. The van der Waals surface area contributed by atoms with Crippen molar-refractivity contribution in [2.24, 2.45) is 11.8 Å². The molecule has 3 aliphatic rings. The van der Waals surface area contributed by atoms with Gasteiger partial charge in [0, 0.05) is 11.1 Å². The van der Waals surface area contributed by atoms with Gasteiger partial charge < -0.3 is 4.74 Å². The molecule has 0 saturated carbocycles.